The molecule has 2 amide bonds. The van der Waals surface area contributed by atoms with Gasteiger partial charge in [0.05, 0.1) is 6.54 Å². The fourth-order valence-corrected chi connectivity index (χ4v) is 4.62. The second-order valence-electron chi connectivity index (χ2n) is 8.73. The summed E-state index contributed by atoms with van der Waals surface area (Å²) in [6.07, 6.45) is 3.41. The average Bonchev–Trinajstić information content (AvgIpc) is 3.22. The first-order chi connectivity index (χ1) is 16.1. The first-order valence-corrected chi connectivity index (χ1v) is 11.8. The number of hydrogen-bond donors (Lipinski definition) is 2. The van der Waals surface area contributed by atoms with Crippen molar-refractivity contribution in [1.29, 1.82) is 0 Å². The molecule has 33 heavy (non-hydrogen) atoms. The number of guanidine groups is 1. The van der Waals surface area contributed by atoms with Gasteiger partial charge in [0, 0.05) is 51.3 Å². The molecule has 2 aliphatic rings. The van der Waals surface area contributed by atoms with Crippen molar-refractivity contribution in [2.45, 2.75) is 25.7 Å². The molecule has 2 N–H and O–H groups in total. The molecule has 0 radical (unpaired) electrons. The Hall–Kier alpha value is -3.35. The fourth-order valence-electron chi connectivity index (χ4n) is 4.62. The molecule has 1 fully saturated rings. The first kappa shape index (κ1) is 22.8. The molecule has 1 saturated heterocycles. The number of fused-ring (bicyclic) bond motifs is 1. The van der Waals surface area contributed by atoms with Gasteiger partial charge in [-0.1, -0.05) is 48.5 Å². The summed E-state index contributed by atoms with van der Waals surface area (Å²) in [6.45, 7) is 3.07. The number of amides is 2. The molecular weight excluding hydrogens is 414 g/mol. The summed E-state index contributed by atoms with van der Waals surface area (Å²) in [6, 6.07) is 18.4. The van der Waals surface area contributed by atoms with E-state index < -0.39 is 0 Å². The SMILES string of the molecule is CN=C(NCC(=O)N1CCCc2ccccc21)NCC1CC(=O)N(CCc2ccccc2)C1. The van der Waals surface area contributed by atoms with Gasteiger partial charge in [-0.3, -0.25) is 14.6 Å². The van der Waals surface area contributed by atoms with Crippen LogP contribution < -0.4 is 15.5 Å². The van der Waals surface area contributed by atoms with Crippen molar-refractivity contribution in [1.82, 2.24) is 15.5 Å². The predicted octanol–water partition coefficient (Wildman–Crippen LogP) is 2.22. The molecule has 0 bridgehead atoms. The van der Waals surface area contributed by atoms with Gasteiger partial charge in [-0.25, -0.2) is 0 Å². The molecule has 1 atom stereocenters. The van der Waals surface area contributed by atoms with Gasteiger partial charge in [0.1, 0.15) is 0 Å². The Morgan fingerprint density at radius 3 is 2.70 bits per heavy atom. The topological polar surface area (TPSA) is 77.0 Å². The highest BCUT2D eigenvalue weighted by Gasteiger charge is 2.29. The maximum Gasteiger partial charge on any atom is 0.246 e. The number of aryl methyl sites for hydroxylation is 1. The second kappa shape index (κ2) is 11.0. The highest BCUT2D eigenvalue weighted by molar-refractivity contribution is 5.98. The van der Waals surface area contributed by atoms with Crippen LogP contribution in [0.1, 0.15) is 24.0 Å². The quantitative estimate of drug-likeness (QED) is 0.504. The van der Waals surface area contributed by atoms with Crippen LogP contribution in [0.4, 0.5) is 5.69 Å². The molecule has 2 aromatic carbocycles. The van der Waals surface area contributed by atoms with E-state index in [9.17, 15) is 9.59 Å². The molecule has 2 aliphatic heterocycles. The van der Waals surface area contributed by atoms with E-state index in [1.165, 1.54) is 11.1 Å². The van der Waals surface area contributed by atoms with Crippen LogP contribution in [0.3, 0.4) is 0 Å². The smallest absolute Gasteiger partial charge is 0.246 e. The summed E-state index contributed by atoms with van der Waals surface area (Å²) in [5.41, 5.74) is 3.48. The van der Waals surface area contributed by atoms with Crippen molar-refractivity contribution in [2.75, 3.05) is 44.7 Å². The molecule has 2 heterocycles. The zero-order valence-electron chi connectivity index (χ0n) is 19.3. The van der Waals surface area contributed by atoms with Gasteiger partial charge in [0.25, 0.3) is 0 Å². The van der Waals surface area contributed by atoms with Crippen LogP contribution in [0.5, 0.6) is 0 Å². The van der Waals surface area contributed by atoms with E-state index in [0.717, 1.165) is 44.6 Å². The fraction of sp³-hybridized carbons (Fsp3) is 0.423. The van der Waals surface area contributed by atoms with Crippen LogP contribution in [-0.4, -0.2) is 62.4 Å². The Kier molecular flexibility index (Phi) is 7.60. The summed E-state index contributed by atoms with van der Waals surface area (Å²) in [7, 11) is 1.70. The number of likely N-dealkylation sites (tertiary alicyclic amines) is 1. The molecular formula is C26H33N5O2. The van der Waals surface area contributed by atoms with Crippen LogP contribution in [0.15, 0.2) is 59.6 Å². The summed E-state index contributed by atoms with van der Waals surface area (Å²) in [5.74, 6) is 1.06. The Labute approximate surface area is 195 Å². The highest BCUT2D eigenvalue weighted by Crippen LogP contribution is 2.26. The third-order valence-electron chi connectivity index (χ3n) is 6.41. The van der Waals surface area contributed by atoms with E-state index in [4.69, 9.17) is 0 Å². The zero-order chi connectivity index (χ0) is 23.0. The number of nitrogens with zero attached hydrogens (tertiary/aromatic N) is 3. The molecule has 1 unspecified atom stereocenters. The van der Waals surface area contributed by atoms with E-state index in [1.807, 2.05) is 46.2 Å². The maximum atomic E-state index is 12.8. The number of aliphatic imine (C=N–C) groups is 1. The third kappa shape index (κ3) is 5.92. The monoisotopic (exact) mass is 447 g/mol. The van der Waals surface area contributed by atoms with Gasteiger partial charge in [0.15, 0.2) is 5.96 Å². The minimum atomic E-state index is 0.0354. The van der Waals surface area contributed by atoms with Crippen LogP contribution >= 0.6 is 0 Å². The number of anilines is 1. The van der Waals surface area contributed by atoms with E-state index in [0.29, 0.717) is 18.9 Å². The molecule has 7 heteroatoms. The predicted molar refractivity (Wildman–Crippen MR) is 131 cm³/mol. The third-order valence-corrected chi connectivity index (χ3v) is 6.41. The van der Waals surface area contributed by atoms with Gasteiger partial charge in [-0.05, 0) is 36.5 Å². The Balaban J connectivity index is 1.21. The molecule has 0 aromatic heterocycles. The standard InChI is InChI=1S/C26H33N5O2/c1-27-26(29-18-25(33)31-14-7-11-22-10-5-6-12-23(22)31)28-17-21-16-24(32)30(19-21)15-13-20-8-3-2-4-9-20/h2-6,8-10,12,21H,7,11,13-19H2,1H3,(H2,27,28,29). The number of carbonyl (C=O) groups excluding carboxylic acids is 2. The van der Waals surface area contributed by atoms with Gasteiger partial charge in [0.2, 0.25) is 11.8 Å². The lowest BCUT2D eigenvalue weighted by atomic mass is 10.0. The van der Waals surface area contributed by atoms with Gasteiger partial charge < -0.3 is 20.4 Å². The minimum absolute atomic E-state index is 0.0354. The van der Waals surface area contributed by atoms with Crippen molar-refractivity contribution >= 4 is 23.5 Å². The van der Waals surface area contributed by atoms with Crippen molar-refractivity contribution in [3.05, 3.63) is 65.7 Å². The van der Waals surface area contributed by atoms with E-state index >= 15 is 0 Å². The van der Waals surface area contributed by atoms with Crippen LogP contribution in [0, 0.1) is 5.92 Å². The maximum absolute atomic E-state index is 12.8. The number of benzene rings is 2. The molecule has 2 aromatic rings. The van der Waals surface area contributed by atoms with Crippen LogP contribution in [-0.2, 0) is 22.4 Å². The summed E-state index contributed by atoms with van der Waals surface area (Å²) >= 11 is 0. The Morgan fingerprint density at radius 1 is 1.09 bits per heavy atom. The Bertz CT molecular complexity index is 991. The number of rotatable bonds is 7. The normalized spacial score (nSPS) is 18.3. The number of para-hydroxylation sites is 1. The number of carbonyl (C=O) groups is 2. The minimum Gasteiger partial charge on any atom is -0.356 e. The lowest BCUT2D eigenvalue weighted by molar-refractivity contribution is -0.127. The van der Waals surface area contributed by atoms with E-state index in [-0.39, 0.29) is 24.3 Å². The molecule has 0 saturated carbocycles. The lowest BCUT2D eigenvalue weighted by Crippen LogP contribution is -2.47. The van der Waals surface area contributed by atoms with Crippen LogP contribution in [0.2, 0.25) is 0 Å². The van der Waals surface area contributed by atoms with Crippen LogP contribution in [0.25, 0.3) is 0 Å². The van der Waals surface area contributed by atoms with E-state index in [1.54, 1.807) is 7.05 Å². The van der Waals surface area contributed by atoms with Gasteiger partial charge >= 0.3 is 0 Å². The summed E-state index contributed by atoms with van der Waals surface area (Å²) in [4.78, 5) is 33.3. The highest BCUT2D eigenvalue weighted by atomic mass is 16.2. The lowest BCUT2D eigenvalue weighted by Gasteiger charge is -2.29. The molecule has 7 nitrogen and oxygen atoms in total. The average molecular weight is 448 g/mol. The van der Waals surface area contributed by atoms with Gasteiger partial charge in [-0.2, -0.15) is 0 Å². The largest absolute Gasteiger partial charge is 0.356 e. The summed E-state index contributed by atoms with van der Waals surface area (Å²) in [5, 5.41) is 6.43. The van der Waals surface area contributed by atoms with Crippen molar-refractivity contribution in [2.24, 2.45) is 10.9 Å². The summed E-state index contributed by atoms with van der Waals surface area (Å²) < 4.78 is 0. The zero-order valence-corrected chi connectivity index (χ0v) is 19.3. The molecule has 174 valence electrons. The number of hydrogen-bond acceptors (Lipinski definition) is 3. The van der Waals surface area contributed by atoms with Crippen molar-refractivity contribution < 1.29 is 9.59 Å². The van der Waals surface area contributed by atoms with E-state index in [2.05, 4.69) is 33.8 Å². The van der Waals surface area contributed by atoms with Gasteiger partial charge in [-0.15, -0.1) is 0 Å². The second-order valence-corrected chi connectivity index (χ2v) is 8.73. The molecule has 0 spiro atoms. The van der Waals surface area contributed by atoms with Crippen molar-refractivity contribution in [3.63, 3.8) is 0 Å². The van der Waals surface area contributed by atoms with Crippen molar-refractivity contribution in [3.8, 4) is 0 Å². The Morgan fingerprint density at radius 2 is 1.88 bits per heavy atom. The number of nitrogens with one attached hydrogen (secondary N) is 2. The molecule has 4 rings (SSSR count). The molecule has 0 aliphatic carbocycles. The first-order valence-electron chi connectivity index (χ1n) is 11.8.